The van der Waals surface area contributed by atoms with Gasteiger partial charge in [-0.1, -0.05) is 6.07 Å². The van der Waals surface area contributed by atoms with Crippen LogP contribution in [0.25, 0.3) is 0 Å². The monoisotopic (exact) mass is 350 g/mol. The van der Waals surface area contributed by atoms with E-state index in [4.69, 9.17) is 10.5 Å². The molecule has 0 amide bonds. The van der Waals surface area contributed by atoms with E-state index < -0.39 is 0 Å². The zero-order valence-electron chi connectivity index (χ0n) is 15.3. The highest BCUT2D eigenvalue weighted by atomic mass is 16.5. The van der Waals surface area contributed by atoms with Gasteiger partial charge in [-0.3, -0.25) is 9.99 Å². The van der Waals surface area contributed by atoms with Crippen LogP contribution in [0.3, 0.4) is 0 Å². The third kappa shape index (κ3) is 3.58. The van der Waals surface area contributed by atoms with Crippen LogP contribution in [-0.2, 0) is 11.2 Å². The molecule has 0 saturated carbocycles. The van der Waals surface area contributed by atoms with Crippen molar-refractivity contribution in [2.24, 2.45) is 11.0 Å². The van der Waals surface area contributed by atoms with Crippen molar-refractivity contribution < 1.29 is 4.74 Å². The number of benzene rings is 1. The summed E-state index contributed by atoms with van der Waals surface area (Å²) in [4.78, 5) is 4.39. The van der Waals surface area contributed by atoms with E-state index in [9.17, 15) is 0 Å². The van der Waals surface area contributed by atoms with Crippen LogP contribution in [0.2, 0.25) is 0 Å². The van der Waals surface area contributed by atoms with Crippen molar-refractivity contribution in [1.29, 1.82) is 0 Å². The molecule has 1 fully saturated rings. The SMILES string of the molecule is Cc1ccc(N)cc1N1CC(c2cnccc2CC2CCOCC2)C=N1. The van der Waals surface area contributed by atoms with Gasteiger partial charge in [0.1, 0.15) is 0 Å². The Morgan fingerprint density at radius 3 is 2.92 bits per heavy atom. The molecule has 1 aromatic heterocycles. The first-order chi connectivity index (χ1) is 12.7. The van der Waals surface area contributed by atoms with E-state index in [2.05, 4.69) is 28.1 Å². The zero-order chi connectivity index (χ0) is 17.9. The molecule has 2 aromatic rings. The third-order valence-corrected chi connectivity index (χ3v) is 5.46. The summed E-state index contributed by atoms with van der Waals surface area (Å²) >= 11 is 0. The summed E-state index contributed by atoms with van der Waals surface area (Å²) in [6.45, 7) is 4.70. The van der Waals surface area contributed by atoms with Crippen LogP contribution in [0, 0.1) is 12.8 Å². The van der Waals surface area contributed by atoms with E-state index in [1.54, 1.807) is 0 Å². The summed E-state index contributed by atoms with van der Waals surface area (Å²) < 4.78 is 5.50. The Bertz CT molecular complexity index is 798. The Kier molecular flexibility index (Phi) is 4.89. The second kappa shape index (κ2) is 7.46. The second-order valence-corrected chi connectivity index (χ2v) is 7.33. The molecular weight excluding hydrogens is 324 g/mol. The molecule has 0 bridgehead atoms. The minimum absolute atomic E-state index is 0.263. The van der Waals surface area contributed by atoms with Gasteiger partial charge < -0.3 is 10.5 Å². The summed E-state index contributed by atoms with van der Waals surface area (Å²) in [5.41, 5.74) is 11.7. The highest BCUT2D eigenvalue weighted by Crippen LogP contribution is 2.31. The van der Waals surface area contributed by atoms with Crippen molar-refractivity contribution in [3.63, 3.8) is 0 Å². The number of ether oxygens (including phenoxy) is 1. The molecule has 2 N–H and O–H groups in total. The first-order valence-corrected chi connectivity index (χ1v) is 9.39. The number of aryl methyl sites for hydroxylation is 1. The molecule has 26 heavy (non-hydrogen) atoms. The molecule has 136 valence electrons. The van der Waals surface area contributed by atoms with Crippen molar-refractivity contribution in [3.05, 3.63) is 53.3 Å². The fraction of sp³-hybridized carbons (Fsp3) is 0.429. The zero-order valence-corrected chi connectivity index (χ0v) is 15.3. The first kappa shape index (κ1) is 17.0. The normalized spacial score (nSPS) is 20.7. The summed E-state index contributed by atoms with van der Waals surface area (Å²) in [5, 5.41) is 6.72. The maximum atomic E-state index is 5.97. The van der Waals surface area contributed by atoms with Crippen molar-refractivity contribution in [2.75, 3.05) is 30.5 Å². The topological polar surface area (TPSA) is 63.7 Å². The smallest absolute Gasteiger partial charge is 0.0643 e. The number of hydrogen-bond donors (Lipinski definition) is 1. The molecule has 2 aliphatic rings. The predicted molar refractivity (Wildman–Crippen MR) is 106 cm³/mol. The Morgan fingerprint density at radius 2 is 2.08 bits per heavy atom. The summed E-state index contributed by atoms with van der Waals surface area (Å²) in [7, 11) is 0. The quantitative estimate of drug-likeness (QED) is 0.857. The lowest BCUT2D eigenvalue weighted by atomic mass is 9.87. The number of aromatic nitrogens is 1. The fourth-order valence-electron chi connectivity index (χ4n) is 3.90. The maximum absolute atomic E-state index is 5.97. The van der Waals surface area contributed by atoms with Gasteiger partial charge in [-0.25, -0.2) is 0 Å². The molecule has 1 unspecified atom stereocenters. The molecule has 1 aromatic carbocycles. The highest BCUT2D eigenvalue weighted by molar-refractivity contribution is 5.76. The van der Waals surface area contributed by atoms with Crippen LogP contribution in [0.1, 0.15) is 35.4 Å². The third-order valence-electron chi connectivity index (χ3n) is 5.46. The number of hydrazone groups is 1. The average Bonchev–Trinajstić information content (AvgIpc) is 3.15. The fourth-order valence-corrected chi connectivity index (χ4v) is 3.90. The van der Waals surface area contributed by atoms with E-state index in [1.807, 2.05) is 36.8 Å². The number of pyridine rings is 1. The van der Waals surface area contributed by atoms with Crippen LogP contribution in [0.4, 0.5) is 11.4 Å². The van der Waals surface area contributed by atoms with E-state index >= 15 is 0 Å². The Balaban J connectivity index is 1.52. The number of anilines is 2. The van der Waals surface area contributed by atoms with Gasteiger partial charge in [0.2, 0.25) is 0 Å². The second-order valence-electron chi connectivity index (χ2n) is 7.33. The minimum atomic E-state index is 0.263. The average molecular weight is 350 g/mol. The molecule has 0 aliphatic carbocycles. The number of nitrogen functional groups attached to an aromatic ring is 1. The van der Waals surface area contributed by atoms with Gasteiger partial charge in [-0.05, 0) is 67.0 Å². The van der Waals surface area contributed by atoms with Crippen LogP contribution >= 0.6 is 0 Å². The lowest BCUT2D eigenvalue weighted by Gasteiger charge is -2.24. The van der Waals surface area contributed by atoms with Crippen molar-refractivity contribution in [3.8, 4) is 0 Å². The van der Waals surface area contributed by atoms with Crippen LogP contribution in [0.5, 0.6) is 0 Å². The standard InChI is InChI=1S/C21H26N4O/c1-15-2-3-19(22)11-21(15)25-14-18(12-24-25)20-13-23-7-4-17(20)10-16-5-8-26-9-6-16/h2-4,7,11-13,16,18H,5-6,8-10,14,22H2,1H3. The van der Waals surface area contributed by atoms with E-state index in [0.29, 0.717) is 5.92 Å². The van der Waals surface area contributed by atoms with Crippen molar-refractivity contribution in [2.45, 2.75) is 32.1 Å². The largest absolute Gasteiger partial charge is 0.399 e. The van der Waals surface area contributed by atoms with Crippen LogP contribution < -0.4 is 10.7 Å². The highest BCUT2D eigenvalue weighted by Gasteiger charge is 2.25. The number of hydrogen-bond acceptors (Lipinski definition) is 5. The Morgan fingerprint density at radius 1 is 1.23 bits per heavy atom. The first-order valence-electron chi connectivity index (χ1n) is 9.39. The molecule has 5 nitrogen and oxygen atoms in total. The Hall–Kier alpha value is -2.40. The van der Waals surface area contributed by atoms with Gasteiger partial charge >= 0.3 is 0 Å². The van der Waals surface area contributed by atoms with E-state index in [1.165, 1.54) is 16.7 Å². The lowest BCUT2D eigenvalue weighted by Crippen LogP contribution is -2.21. The molecule has 4 rings (SSSR count). The van der Waals surface area contributed by atoms with Crippen molar-refractivity contribution in [1.82, 2.24) is 4.98 Å². The van der Waals surface area contributed by atoms with Gasteiger partial charge in [0, 0.05) is 43.4 Å². The number of rotatable bonds is 4. The van der Waals surface area contributed by atoms with Crippen molar-refractivity contribution >= 4 is 17.6 Å². The van der Waals surface area contributed by atoms with Gasteiger partial charge in [-0.2, -0.15) is 5.10 Å². The molecule has 3 heterocycles. The Labute approximate surface area is 154 Å². The molecule has 0 spiro atoms. The number of nitrogens with two attached hydrogens (primary N) is 1. The molecule has 5 heteroatoms. The number of nitrogens with zero attached hydrogens (tertiary/aromatic N) is 3. The van der Waals surface area contributed by atoms with Gasteiger partial charge in [0.15, 0.2) is 0 Å². The van der Waals surface area contributed by atoms with E-state index in [0.717, 1.165) is 50.4 Å². The van der Waals surface area contributed by atoms with Gasteiger partial charge in [0.05, 0.1) is 12.2 Å². The maximum Gasteiger partial charge on any atom is 0.0643 e. The lowest BCUT2D eigenvalue weighted by molar-refractivity contribution is 0.0665. The van der Waals surface area contributed by atoms with E-state index in [-0.39, 0.29) is 5.92 Å². The molecular formula is C21H26N4O. The minimum Gasteiger partial charge on any atom is -0.399 e. The summed E-state index contributed by atoms with van der Waals surface area (Å²) in [6.07, 6.45) is 9.37. The summed E-state index contributed by atoms with van der Waals surface area (Å²) in [6, 6.07) is 8.16. The molecule has 1 saturated heterocycles. The van der Waals surface area contributed by atoms with Gasteiger partial charge in [0.25, 0.3) is 0 Å². The molecule has 2 aliphatic heterocycles. The predicted octanol–water partition coefficient (Wildman–Crippen LogP) is 3.53. The summed E-state index contributed by atoms with van der Waals surface area (Å²) in [5.74, 6) is 0.967. The molecule has 0 radical (unpaired) electrons. The van der Waals surface area contributed by atoms with Gasteiger partial charge in [-0.15, -0.1) is 0 Å². The molecule has 1 atom stereocenters. The van der Waals surface area contributed by atoms with Crippen LogP contribution in [0.15, 0.2) is 41.8 Å². The van der Waals surface area contributed by atoms with Crippen LogP contribution in [-0.4, -0.2) is 31.0 Å².